The van der Waals surface area contributed by atoms with Gasteiger partial charge in [0.2, 0.25) is 0 Å². The summed E-state index contributed by atoms with van der Waals surface area (Å²) in [6.07, 6.45) is 7.24. The van der Waals surface area contributed by atoms with Crippen molar-refractivity contribution in [3.05, 3.63) is 35.4 Å². The molecule has 1 heteroatoms. The fraction of sp³-hybridized carbons (Fsp3) is 0.385. The number of allylic oxidation sites excluding steroid dienone is 2. The van der Waals surface area contributed by atoms with Crippen LogP contribution < -0.4 is 0 Å². The van der Waals surface area contributed by atoms with Crippen molar-refractivity contribution in [3.8, 4) is 5.75 Å². The van der Waals surface area contributed by atoms with Crippen LogP contribution in [0.1, 0.15) is 36.8 Å². The van der Waals surface area contributed by atoms with Gasteiger partial charge in [-0.25, -0.2) is 0 Å². The maximum absolute atomic E-state index is 9.44. The van der Waals surface area contributed by atoms with Crippen molar-refractivity contribution in [1.82, 2.24) is 0 Å². The zero-order chi connectivity index (χ0) is 9.97. The Morgan fingerprint density at radius 3 is 2.79 bits per heavy atom. The van der Waals surface area contributed by atoms with Gasteiger partial charge in [-0.05, 0) is 61.4 Å². The molecule has 0 saturated carbocycles. The van der Waals surface area contributed by atoms with Gasteiger partial charge in [-0.15, -0.1) is 0 Å². The van der Waals surface area contributed by atoms with Gasteiger partial charge >= 0.3 is 0 Å². The van der Waals surface area contributed by atoms with E-state index in [9.17, 15) is 5.11 Å². The minimum absolute atomic E-state index is 0.372. The van der Waals surface area contributed by atoms with Crippen molar-refractivity contribution in [3.63, 3.8) is 0 Å². The molecule has 0 saturated heterocycles. The van der Waals surface area contributed by atoms with Crippen LogP contribution in [-0.4, -0.2) is 5.11 Å². The summed E-state index contributed by atoms with van der Waals surface area (Å²) in [6.45, 7) is 2.10. The average Bonchev–Trinajstić information content (AvgIpc) is 2.23. The van der Waals surface area contributed by atoms with Gasteiger partial charge in [-0.1, -0.05) is 12.1 Å². The Balaban J connectivity index is 2.39. The molecule has 0 unspecified atom stereocenters. The minimum Gasteiger partial charge on any atom is -0.508 e. The summed E-state index contributed by atoms with van der Waals surface area (Å²) >= 11 is 0. The highest BCUT2D eigenvalue weighted by Gasteiger charge is 2.08. The zero-order valence-electron chi connectivity index (χ0n) is 8.59. The van der Waals surface area contributed by atoms with Crippen molar-refractivity contribution in [2.24, 2.45) is 0 Å². The van der Waals surface area contributed by atoms with Gasteiger partial charge in [0.25, 0.3) is 0 Å². The Hall–Kier alpha value is -1.24. The van der Waals surface area contributed by atoms with Gasteiger partial charge in [0, 0.05) is 0 Å². The van der Waals surface area contributed by atoms with Gasteiger partial charge in [0.05, 0.1) is 0 Å². The Morgan fingerprint density at radius 1 is 1.21 bits per heavy atom. The summed E-state index contributed by atoms with van der Waals surface area (Å²) in [5, 5.41) is 9.44. The number of phenolic OH excluding ortho intramolecular Hbond substituents is 1. The molecule has 0 aromatic heterocycles. The molecule has 0 atom stereocenters. The van der Waals surface area contributed by atoms with Crippen molar-refractivity contribution in [2.75, 3.05) is 0 Å². The van der Waals surface area contributed by atoms with Crippen LogP contribution in [0.5, 0.6) is 5.75 Å². The highest BCUT2D eigenvalue weighted by atomic mass is 16.3. The van der Waals surface area contributed by atoms with Crippen LogP contribution in [0.15, 0.2) is 24.3 Å². The van der Waals surface area contributed by atoms with E-state index in [0.29, 0.717) is 5.75 Å². The standard InChI is InChI=1S/C13H16O/c1-10-7-8-12(14)9-13(10)11-5-3-2-4-6-11/h5,7-9,14H,2-4,6H2,1H3. The maximum atomic E-state index is 9.44. The van der Waals surface area contributed by atoms with E-state index in [-0.39, 0.29) is 0 Å². The van der Waals surface area contributed by atoms with Gasteiger partial charge in [-0.2, -0.15) is 0 Å². The van der Waals surface area contributed by atoms with Crippen LogP contribution in [0, 0.1) is 6.92 Å². The molecular weight excluding hydrogens is 172 g/mol. The summed E-state index contributed by atoms with van der Waals surface area (Å²) in [6, 6.07) is 5.62. The molecule has 74 valence electrons. The molecule has 2 rings (SSSR count). The fourth-order valence-electron chi connectivity index (χ4n) is 2.04. The number of hydrogen-bond acceptors (Lipinski definition) is 1. The first-order valence-corrected chi connectivity index (χ1v) is 5.26. The van der Waals surface area contributed by atoms with Crippen LogP contribution in [0.4, 0.5) is 0 Å². The van der Waals surface area contributed by atoms with E-state index in [2.05, 4.69) is 13.0 Å². The van der Waals surface area contributed by atoms with Crippen molar-refractivity contribution in [2.45, 2.75) is 32.6 Å². The highest BCUT2D eigenvalue weighted by Crippen LogP contribution is 2.30. The molecule has 1 aromatic carbocycles. The molecule has 0 spiro atoms. The van der Waals surface area contributed by atoms with Crippen LogP contribution in [0.25, 0.3) is 5.57 Å². The number of phenols is 1. The number of hydrogen-bond donors (Lipinski definition) is 1. The molecule has 1 aliphatic carbocycles. The molecule has 0 heterocycles. The lowest BCUT2D eigenvalue weighted by atomic mass is 9.91. The minimum atomic E-state index is 0.372. The van der Waals surface area contributed by atoms with E-state index >= 15 is 0 Å². The lowest BCUT2D eigenvalue weighted by Crippen LogP contribution is -1.94. The molecule has 1 nitrogen and oxygen atoms in total. The molecular formula is C13H16O. The SMILES string of the molecule is Cc1ccc(O)cc1C1=CCCCC1. The second-order valence-electron chi connectivity index (χ2n) is 3.97. The third kappa shape index (κ3) is 1.82. The second kappa shape index (κ2) is 3.87. The van der Waals surface area contributed by atoms with Crippen LogP contribution in [0.3, 0.4) is 0 Å². The molecule has 14 heavy (non-hydrogen) atoms. The Morgan fingerprint density at radius 2 is 2.07 bits per heavy atom. The summed E-state index contributed by atoms with van der Waals surface area (Å²) in [5.74, 6) is 0.372. The lowest BCUT2D eigenvalue weighted by molar-refractivity contribution is 0.475. The number of benzene rings is 1. The molecule has 1 aromatic rings. The third-order valence-electron chi connectivity index (χ3n) is 2.86. The first-order chi connectivity index (χ1) is 6.77. The maximum Gasteiger partial charge on any atom is 0.116 e. The average molecular weight is 188 g/mol. The molecule has 0 fully saturated rings. The predicted molar refractivity (Wildman–Crippen MR) is 59.3 cm³/mol. The van der Waals surface area contributed by atoms with Crippen molar-refractivity contribution >= 4 is 5.57 Å². The molecule has 1 N–H and O–H groups in total. The first kappa shape index (κ1) is 9.32. The van der Waals surface area contributed by atoms with Crippen LogP contribution in [0.2, 0.25) is 0 Å². The third-order valence-corrected chi connectivity index (χ3v) is 2.86. The van der Waals surface area contributed by atoms with Gasteiger partial charge in [0.15, 0.2) is 0 Å². The summed E-state index contributed by atoms with van der Waals surface area (Å²) in [7, 11) is 0. The Labute approximate surface area is 85.1 Å². The van der Waals surface area contributed by atoms with Crippen molar-refractivity contribution in [1.29, 1.82) is 0 Å². The van der Waals surface area contributed by atoms with E-state index in [1.165, 1.54) is 36.0 Å². The van der Waals surface area contributed by atoms with E-state index in [1.807, 2.05) is 12.1 Å². The molecule has 1 aliphatic rings. The molecule has 0 aliphatic heterocycles. The summed E-state index contributed by atoms with van der Waals surface area (Å²) < 4.78 is 0. The number of aryl methyl sites for hydroxylation is 1. The fourth-order valence-corrected chi connectivity index (χ4v) is 2.04. The lowest BCUT2D eigenvalue weighted by Gasteiger charge is -2.15. The smallest absolute Gasteiger partial charge is 0.116 e. The Bertz CT molecular complexity index is 363. The van der Waals surface area contributed by atoms with E-state index in [0.717, 1.165) is 6.42 Å². The first-order valence-electron chi connectivity index (χ1n) is 5.26. The largest absolute Gasteiger partial charge is 0.508 e. The molecule has 0 bridgehead atoms. The van der Waals surface area contributed by atoms with Crippen molar-refractivity contribution < 1.29 is 5.11 Å². The van der Waals surface area contributed by atoms with E-state index in [4.69, 9.17) is 0 Å². The number of aromatic hydroxyl groups is 1. The normalized spacial score (nSPS) is 16.5. The number of rotatable bonds is 1. The monoisotopic (exact) mass is 188 g/mol. The quantitative estimate of drug-likeness (QED) is 0.713. The van der Waals surface area contributed by atoms with Crippen LogP contribution >= 0.6 is 0 Å². The van der Waals surface area contributed by atoms with E-state index < -0.39 is 0 Å². The predicted octanol–water partition coefficient (Wildman–Crippen LogP) is 3.66. The zero-order valence-corrected chi connectivity index (χ0v) is 8.59. The Kier molecular flexibility index (Phi) is 2.58. The van der Waals surface area contributed by atoms with Gasteiger partial charge < -0.3 is 5.11 Å². The van der Waals surface area contributed by atoms with Gasteiger partial charge in [0.1, 0.15) is 5.75 Å². The van der Waals surface area contributed by atoms with Crippen LogP contribution in [-0.2, 0) is 0 Å². The highest BCUT2D eigenvalue weighted by molar-refractivity contribution is 5.69. The summed E-state index contributed by atoms with van der Waals surface area (Å²) in [5.41, 5.74) is 3.89. The molecule has 0 radical (unpaired) electrons. The second-order valence-corrected chi connectivity index (χ2v) is 3.97. The summed E-state index contributed by atoms with van der Waals surface area (Å²) in [4.78, 5) is 0. The topological polar surface area (TPSA) is 20.2 Å². The van der Waals surface area contributed by atoms with Gasteiger partial charge in [-0.3, -0.25) is 0 Å². The van der Waals surface area contributed by atoms with E-state index in [1.54, 1.807) is 6.07 Å². The molecule has 0 amide bonds.